The first-order valence-electron chi connectivity index (χ1n) is 10.8. The molecule has 2 aliphatic rings. The van der Waals surface area contributed by atoms with Gasteiger partial charge in [0.25, 0.3) is 5.91 Å². The number of carbonyl (C=O) groups is 2. The average molecular weight is 437 g/mol. The number of amides is 2. The van der Waals surface area contributed by atoms with Crippen LogP contribution in [0, 0.1) is 0 Å². The molecular formula is C24H25ClN4O2. The molecule has 0 radical (unpaired) electrons. The monoisotopic (exact) mass is 436 g/mol. The smallest absolute Gasteiger partial charge is 0.251 e. The number of nitrogens with zero attached hydrogens (tertiary/aromatic N) is 2. The summed E-state index contributed by atoms with van der Waals surface area (Å²) in [6.45, 7) is 0. The standard InChI is InChI=1S/C24H25ClN4O2/c1-29-21-9-5-16(11-14(21)6-10-22(29)30)24(31)26-18-4-2-3-15(12-18)23-27-19-8-7-17(25)13-20(19)28-23/h5,7-9,11,13,15,18H,2-4,6,10,12H2,1H3,(H,26,31)(H,27,28). The molecule has 1 aliphatic heterocycles. The van der Waals surface area contributed by atoms with Crippen molar-refractivity contribution in [3.8, 4) is 0 Å². The van der Waals surface area contributed by atoms with Gasteiger partial charge in [0, 0.05) is 41.7 Å². The number of aromatic amines is 1. The lowest BCUT2D eigenvalue weighted by molar-refractivity contribution is -0.118. The lowest BCUT2D eigenvalue weighted by Gasteiger charge is -2.29. The number of rotatable bonds is 3. The summed E-state index contributed by atoms with van der Waals surface area (Å²) in [5, 5.41) is 3.90. The molecule has 1 fully saturated rings. The summed E-state index contributed by atoms with van der Waals surface area (Å²) < 4.78 is 0. The Morgan fingerprint density at radius 2 is 2.06 bits per heavy atom. The molecular weight excluding hydrogens is 412 g/mol. The van der Waals surface area contributed by atoms with E-state index in [0.717, 1.165) is 53.8 Å². The molecule has 2 atom stereocenters. The van der Waals surface area contributed by atoms with Crippen molar-refractivity contribution in [2.45, 2.75) is 50.5 Å². The number of fused-ring (bicyclic) bond motifs is 2. The van der Waals surface area contributed by atoms with E-state index in [2.05, 4.69) is 10.3 Å². The molecule has 1 saturated carbocycles. The minimum absolute atomic E-state index is 0.0515. The summed E-state index contributed by atoms with van der Waals surface area (Å²) in [6, 6.07) is 11.4. The largest absolute Gasteiger partial charge is 0.349 e. The molecule has 0 bridgehead atoms. The first-order valence-corrected chi connectivity index (χ1v) is 11.2. The van der Waals surface area contributed by atoms with E-state index in [0.29, 0.717) is 23.4 Å². The van der Waals surface area contributed by atoms with Crippen LogP contribution in [0.2, 0.25) is 5.02 Å². The van der Waals surface area contributed by atoms with Crippen LogP contribution >= 0.6 is 11.6 Å². The second kappa shape index (κ2) is 8.00. The Bertz CT molecular complexity index is 1170. The molecule has 1 aromatic heterocycles. The topological polar surface area (TPSA) is 78.1 Å². The van der Waals surface area contributed by atoms with Crippen LogP contribution in [0.3, 0.4) is 0 Å². The van der Waals surface area contributed by atoms with Crippen LogP contribution in [-0.2, 0) is 11.2 Å². The highest BCUT2D eigenvalue weighted by Gasteiger charge is 2.27. The van der Waals surface area contributed by atoms with E-state index in [1.165, 1.54) is 0 Å². The lowest BCUT2D eigenvalue weighted by Crippen LogP contribution is -2.38. The third kappa shape index (κ3) is 3.92. The van der Waals surface area contributed by atoms with Crippen molar-refractivity contribution >= 4 is 40.1 Å². The minimum Gasteiger partial charge on any atom is -0.349 e. The van der Waals surface area contributed by atoms with Gasteiger partial charge in [0.1, 0.15) is 5.82 Å². The highest BCUT2D eigenvalue weighted by molar-refractivity contribution is 6.31. The number of nitrogens with one attached hydrogen (secondary N) is 2. The van der Waals surface area contributed by atoms with Gasteiger partial charge in [-0.2, -0.15) is 0 Å². The maximum absolute atomic E-state index is 12.9. The minimum atomic E-state index is -0.0515. The zero-order chi connectivity index (χ0) is 21.5. The first-order chi connectivity index (χ1) is 15.0. The van der Waals surface area contributed by atoms with Gasteiger partial charge in [-0.05, 0) is 67.6 Å². The number of anilines is 1. The van der Waals surface area contributed by atoms with Crippen LogP contribution in [0.1, 0.15) is 59.8 Å². The Morgan fingerprint density at radius 3 is 2.94 bits per heavy atom. The van der Waals surface area contributed by atoms with Crippen molar-refractivity contribution in [3.63, 3.8) is 0 Å². The molecule has 2 heterocycles. The molecule has 0 spiro atoms. The quantitative estimate of drug-likeness (QED) is 0.630. The Morgan fingerprint density at radius 1 is 1.19 bits per heavy atom. The zero-order valence-electron chi connectivity index (χ0n) is 17.5. The number of carbonyl (C=O) groups excluding carboxylic acids is 2. The van der Waals surface area contributed by atoms with Gasteiger partial charge in [-0.25, -0.2) is 4.98 Å². The summed E-state index contributed by atoms with van der Waals surface area (Å²) >= 11 is 6.09. The molecule has 1 aliphatic carbocycles. The van der Waals surface area contributed by atoms with Crippen LogP contribution in [0.15, 0.2) is 36.4 Å². The van der Waals surface area contributed by atoms with Gasteiger partial charge in [-0.3, -0.25) is 9.59 Å². The number of aryl methyl sites for hydroxylation is 1. The highest BCUT2D eigenvalue weighted by Crippen LogP contribution is 2.33. The number of halogens is 1. The summed E-state index contributed by atoms with van der Waals surface area (Å²) in [6.07, 6.45) is 5.10. The Balaban J connectivity index is 1.28. The van der Waals surface area contributed by atoms with E-state index in [9.17, 15) is 9.59 Å². The third-order valence-electron chi connectivity index (χ3n) is 6.54. The van der Waals surface area contributed by atoms with Crippen molar-refractivity contribution in [3.05, 3.63) is 58.4 Å². The van der Waals surface area contributed by atoms with E-state index in [1.54, 1.807) is 11.9 Å². The normalized spacial score (nSPS) is 21.2. The predicted molar refractivity (Wildman–Crippen MR) is 122 cm³/mol. The molecule has 2 amide bonds. The van der Waals surface area contributed by atoms with Gasteiger partial charge in [0.2, 0.25) is 5.91 Å². The predicted octanol–water partition coefficient (Wildman–Crippen LogP) is 4.58. The van der Waals surface area contributed by atoms with Crippen molar-refractivity contribution in [2.75, 3.05) is 11.9 Å². The van der Waals surface area contributed by atoms with E-state index in [4.69, 9.17) is 16.6 Å². The number of imidazole rings is 1. The first kappa shape index (κ1) is 20.1. The van der Waals surface area contributed by atoms with Crippen LogP contribution in [0.25, 0.3) is 11.0 Å². The molecule has 31 heavy (non-hydrogen) atoms. The van der Waals surface area contributed by atoms with Crippen LogP contribution in [0.4, 0.5) is 5.69 Å². The molecule has 2 N–H and O–H groups in total. The van der Waals surface area contributed by atoms with E-state index >= 15 is 0 Å². The van der Waals surface area contributed by atoms with Crippen LogP contribution in [0.5, 0.6) is 0 Å². The molecule has 6 nitrogen and oxygen atoms in total. The Kier molecular flexibility index (Phi) is 5.18. The fourth-order valence-corrected chi connectivity index (χ4v) is 4.99. The summed E-state index contributed by atoms with van der Waals surface area (Å²) in [5.74, 6) is 1.32. The second-order valence-electron chi connectivity index (χ2n) is 8.61. The van der Waals surface area contributed by atoms with Gasteiger partial charge in [-0.15, -0.1) is 0 Å². The number of hydrogen-bond acceptors (Lipinski definition) is 3. The Hall–Kier alpha value is -2.86. The van der Waals surface area contributed by atoms with Gasteiger partial charge in [0.15, 0.2) is 0 Å². The molecule has 0 saturated heterocycles. The second-order valence-corrected chi connectivity index (χ2v) is 9.05. The molecule has 3 aromatic rings. The maximum atomic E-state index is 12.9. The van der Waals surface area contributed by atoms with E-state index < -0.39 is 0 Å². The van der Waals surface area contributed by atoms with Crippen LogP contribution in [-0.4, -0.2) is 34.9 Å². The molecule has 7 heteroatoms. The summed E-state index contributed by atoms with van der Waals surface area (Å²) in [7, 11) is 1.79. The average Bonchev–Trinajstić information content (AvgIpc) is 3.19. The summed E-state index contributed by atoms with van der Waals surface area (Å²) in [4.78, 5) is 34.7. The zero-order valence-corrected chi connectivity index (χ0v) is 18.2. The van der Waals surface area contributed by atoms with Gasteiger partial charge in [0.05, 0.1) is 11.0 Å². The third-order valence-corrected chi connectivity index (χ3v) is 6.78. The lowest BCUT2D eigenvalue weighted by atomic mass is 9.85. The van der Waals surface area contributed by atoms with Gasteiger partial charge >= 0.3 is 0 Å². The molecule has 5 rings (SSSR count). The molecule has 160 valence electrons. The maximum Gasteiger partial charge on any atom is 0.251 e. The fraction of sp³-hybridized carbons (Fsp3) is 0.375. The number of benzene rings is 2. The van der Waals surface area contributed by atoms with E-state index in [1.807, 2.05) is 36.4 Å². The Labute approximate surface area is 186 Å². The van der Waals surface area contributed by atoms with Crippen LogP contribution < -0.4 is 10.2 Å². The van der Waals surface area contributed by atoms with E-state index in [-0.39, 0.29) is 23.8 Å². The van der Waals surface area contributed by atoms with Gasteiger partial charge in [-0.1, -0.05) is 18.0 Å². The number of H-pyrrole nitrogens is 1. The molecule has 2 aromatic carbocycles. The number of hydrogen-bond donors (Lipinski definition) is 2. The summed E-state index contributed by atoms with van der Waals surface area (Å²) in [5.41, 5.74) is 4.48. The van der Waals surface area contributed by atoms with Gasteiger partial charge < -0.3 is 15.2 Å². The molecule has 2 unspecified atom stereocenters. The van der Waals surface area contributed by atoms with Crippen molar-refractivity contribution in [1.29, 1.82) is 0 Å². The van der Waals surface area contributed by atoms with Crippen molar-refractivity contribution in [2.24, 2.45) is 0 Å². The number of aromatic nitrogens is 2. The fourth-order valence-electron chi connectivity index (χ4n) is 4.83. The SMILES string of the molecule is CN1C(=O)CCc2cc(C(=O)NC3CCCC(c4nc5cc(Cl)ccc5[nH]4)C3)ccc21. The van der Waals surface area contributed by atoms with Crippen molar-refractivity contribution < 1.29 is 9.59 Å². The highest BCUT2D eigenvalue weighted by atomic mass is 35.5. The van der Waals surface area contributed by atoms with Crippen molar-refractivity contribution in [1.82, 2.24) is 15.3 Å².